The molecule has 7 heteroatoms. The van der Waals surface area contributed by atoms with Crippen LogP contribution in [0.5, 0.6) is 0 Å². The van der Waals surface area contributed by atoms with Crippen LogP contribution in [0.3, 0.4) is 0 Å². The van der Waals surface area contributed by atoms with Crippen LogP contribution in [0.25, 0.3) is 0 Å². The molecule has 0 unspecified atom stereocenters. The molecule has 0 aromatic heterocycles. The smallest absolute Gasteiger partial charge is 0.407 e. The zero-order valence-corrected chi connectivity index (χ0v) is 14.8. The fraction of sp³-hybridized carbons (Fsp3) is 0.556. The maximum atomic E-state index is 12.1. The molecule has 2 atom stereocenters. The second-order valence-corrected chi connectivity index (χ2v) is 6.19. The number of esters is 1. The highest BCUT2D eigenvalue weighted by atomic mass is 16.7. The van der Waals surface area contributed by atoms with Crippen molar-refractivity contribution in [1.29, 1.82) is 0 Å². The third kappa shape index (κ3) is 6.36. The molecule has 1 aromatic rings. The van der Waals surface area contributed by atoms with Crippen molar-refractivity contribution >= 4 is 12.1 Å². The van der Waals surface area contributed by atoms with Crippen molar-refractivity contribution in [2.45, 2.75) is 51.7 Å². The highest BCUT2D eigenvalue weighted by molar-refractivity contribution is 5.73. The van der Waals surface area contributed by atoms with Crippen molar-refractivity contribution in [1.82, 2.24) is 5.32 Å². The predicted molar refractivity (Wildman–Crippen MR) is 89.7 cm³/mol. The molecule has 1 amide bonds. The van der Waals surface area contributed by atoms with E-state index in [2.05, 4.69) is 5.32 Å². The summed E-state index contributed by atoms with van der Waals surface area (Å²) in [5.41, 5.74) is 0.876. The van der Waals surface area contributed by atoms with E-state index in [0.29, 0.717) is 0 Å². The van der Waals surface area contributed by atoms with E-state index in [0.717, 1.165) is 5.56 Å². The van der Waals surface area contributed by atoms with Crippen molar-refractivity contribution in [2.24, 2.45) is 0 Å². The van der Waals surface area contributed by atoms with Crippen molar-refractivity contribution in [3.63, 3.8) is 0 Å². The number of amides is 1. The van der Waals surface area contributed by atoms with E-state index < -0.39 is 30.0 Å². The summed E-state index contributed by atoms with van der Waals surface area (Å²) in [7, 11) is 0. The molecular formula is C18H25NO6. The van der Waals surface area contributed by atoms with Crippen LogP contribution in [0.4, 0.5) is 4.79 Å². The average molecular weight is 351 g/mol. The summed E-state index contributed by atoms with van der Waals surface area (Å²) in [6.45, 7) is 5.98. The molecule has 0 aliphatic carbocycles. The normalized spacial score (nSPS) is 19.9. The molecule has 0 saturated carbocycles. The summed E-state index contributed by atoms with van der Waals surface area (Å²) in [4.78, 5) is 23.9. The van der Waals surface area contributed by atoms with Crippen LogP contribution < -0.4 is 5.32 Å². The lowest BCUT2D eigenvalue weighted by Gasteiger charge is -2.24. The van der Waals surface area contributed by atoms with Crippen molar-refractivity contribution in [3.8, 4) is 0 Å². The van der Waals surface area contributed by atoms with Crippen molar-refractivity contribution < 1.29 is 28.5 Å². The molecule has 1 aromatic carbocycles. The highest BCUT2D eigenvalue weighted by Crippen LogP contribution is 2.25. The van der Waals surface area contributed by atoms with Gasteiger partial charge in [0, 0.05) is 0 Å². The number of nitrogens with one attached hydrogen (secondary N) is 1. The van der Waals surface area contributed by atoms with Crippen LogP contribution in [-0.2, 0) is 30.3 Å². The summed E-state index contributed by atoms with van der Waals surface area (Å²) >= 11 is 0. The van der Waals surface area contributed by atoms with Gasteiger partial charge in [-0.15, -0.1) is 0 Å². The summed E-state index contributed by atoms with van der Waals surface area (Å²) in [5, 5.41) is 2.69. The van der Waals surface area contributed by atoms with Gasteiger partial charge in [-0.05, 0) is 26.3 Å². The van der Waals surface area contributed by atoms with Gasteiger partial charge >= 0.3 is 12.1 Å². The van der Waals surface area contributed by atoms with Gasteiger partial charge in [0.2, 0.25) is 0 Å². The Labute approximate surface area is 147 Å². The number of hydrogen-bond acceptors (Lipinski definition) is 6. The van der Waals surface area contributed by atoms with E-state index in [1.165, 1.54) is 0 Å². The van der Waals surface area contributed by atoms with Gasteiger partial charge in [-0.3, -0.25) is 4.79 Å². The Hall–Kier alpha value is -2.12. The number of carbonyl (C=O) groups excluding carboxylic acids is 2. The Morgan fingerprint density at radius 3 is 2.60 bits per heavy atom. The number of benzene rings is 1. The third-order valence-electron chi connectivity index (χ3n) is 3.69. The topological polar surface area (TPSA) is 83.1 Å². The molecule has 1 fully saturated rings. The van der Waals surface area contributed by atoms with Gasteiger partial charge in [0.1, 0.15) is 12.7 Å². The van der Waals surface area contributed by atoms with Gasteiger partial charge in [-0.2, -0.15) is 0 Å². The van der Waals surface area contributed by atoms with Crippen LogP contribution in [0.1, 0.15) is 32.8 Å². The first-order valence-electron chi connectivity index (χ1n) is 8.34. The monoisotopic (exact) mass is 351 g/mol. The molecule has 0 bridgehead atoms. The van der Waals surface area contributed by atoms with Gasteiger partial charge < -0.3 is 24.3 Å². The summed E-state index contributed by atoms with van der Waals surface area (Å²) in [6.07, 6.45) is -1.09. The molecule has 25 heavy (non-hydrogen) atoms. The predicted octanol–water partition coefficient (Wildman–Crippen LogP) is 2.39. The van der Waals surface area contributed by atoms with Crippen molar-refractivity contribution in [3.05, 3.63) is 35.9 Å². The SMILES string of the molecule is CCOC(=O)C[C@H](NC(=O)OCc1ccccc1)[C@H]1COC(C)(C)O1. The fourth-order valence-corrected chi connectivity index (χ4v) is 2.50. The number of rotatable bonds is 7. The quantitative estimate of drug-likeness (QED) is 0.760. The van der Waals surface area contributed by atoms with Crippen LogP contribution in [-0.4, -0.2) is 43.2 Å². The molecule has 1 saturated heterocycles. The fourth-order valence-electron chi connectivity index (χ4n) is 2.50. The Morgan fingerprint density at radius 2 is 2.00 bits per heavy atom. The molecule has 1 heterocycles. The zero-order valence-electron chi connectivity index (χ0n) is 14.8. The second-order valence-electron chi connectivity index (χ2n) is 6.19. The highest BCUT2D eigenvalue weighted by Gasteiger charge is 2.39. The summed E-state index contributed by atoms with van der Waals surface area (Å²) < 4.78 is 21.5. The number of carbonyl (C=O) groups is 2. The average Bonchev–Trinajstić information content (AvgIpc) is 2.93. The lowest BCUT2D eigenvalue weighted by Crippen LogP contribution is -2.46. The molecule has 2 rings (SSSR count). The van der Waals surface area contributed by atoms with E-state index in [1.807, 2.05) is 30.3 Å². The Kier molecular flexibility index (Phi) is 6.78. The summed E-state index contributed by atoms with van der Waals surface area (Å²) in [5.74, 6) is -1.17. The Balaban J connectivity index is 1.92. The number of hydrogen-bond donors (Lipinski definition) is 1. The molecule has 0 spiro atoms. The van der Waals surface area contributed by atoms with E-state index in [9.17, 15) is 9.59 Å². The van der Waals surface area contributed by atoms with Gasteiger partial charge in [-0.25, -0.2) is 4.79 Å². The Bertz CT molecular complexity index is 574. The second kappa shape index (κ2) is 8.82. The van der Waals surface area contributed by atoms with E-state index in [1.54, 1.807) is 20.8 Å². The lowest BCUT2D eigenvalue weighted by atomic mass is 10.1. The maximum Gasteiger partial charge on any atom is 0.407 e. The van der Waals surface area contributed by atoms with Crippen molar-refractivity contribution in [2.75, 3.05) is 13.2 Å². The standard InChI is InChI=1S/C18H25NO6/c1-4-22-16(20)10-14(15-12-24-18(2,3)25-15)19-17(21)23-11-13-8-6-5-7-9-13/h5-9,14-15H,4,10-12H2,1-3H3,(H,19,21)/t14-,15+/m0/s1. The lowest BCUT2D eigenvalue weighted by molar-refractivity contribution is -0.150. The first kappa shape index (κ1) is 19.2. The van der Waals surface area contributed by atoms with E-state index in [-0.39, 0.29) is 26.2 Å². The molecule has 1 N–H and O–H groups in total. The van der Waals surface area contributed by atoms with Gasteiger partial charge in [0.05, 0.1) is 25.7 Å². The maximum absolute atomic E-state index is 12.1. The molecule has 0 radical (unpaired) electrons. The van der Waals surface area contributed by atoms with Gasteiger partial charge in [0.25, 0.3) is 0 Å². The van der Waals surface area contributed by atoms with Gasteiger partial charge in [0.15, 0.2) is 5.79 Å². The number of alkyl carbamates (subject to hydrolysis) is 1. The minimum atomic E-state index is -0.757. The van der Waals surface area contributed by atoms with Gasteiger partial charge in [-0.1, -0.05) is 30.3 Å². The molecule has 7 nitrogen and oxygen atoms in total. The van der Waals surface area contributed by atoms with Crippen LogP contribution in [0.2, 0.25) is 0 Å². The molecular weight excluding hydrogens is 326 g/mol. The zero-order chi connectivity index (χ0) is 18.3. The molecule has 1 aliphatic rings. The first-order valence-corrected chi connectivity index (χ1v) is 8.34. The van der Waals surface area contributed by atoms with Crippen LogP contribution >= 0.6 is 0 Å². The van der Waals surface area contributed by atoms with E-state index in [4.69, 9.17) is 18.9 Å². The summed E-state index contributed by atoms with van der Waals surface area (Å²) in [6, 6.07) is 8.75. The van der Waals surface area contributed by atoms with Crippen LogP contribution in [0.15, 0.2) is 30.3 Å². The molecule has 138 valence electrons. The largest absolute Gasteiger partial charge is 0.466 e. The third-order valence-corrected chi connectivity index (χ3v) is 3.69. The minimum absolute atomic E-state index is 0.0155. The van der Waals surface area contributed by atoms with E-state index >= 15 is 0 Å². The first-order chi connectivity index (χ1) is 11.9. The molecule has 1 aliphatic heterocycles. The Morgan fingerprint density at radius 1 is 1.28 bits per heavy atom. The minimum Gasteiger partial charge on any atom is -0.466 e. The van der Waals surface area contributed by atoms with Crippen LogP contribution in [0, 0.1) is 0 Å². The number of ether oxygens (including phenoxy) is 4.